The number of nitrogens with two attached hydrogens (primary N) is 1. The van der Waals surface area contributed by atoms with Crippen molar-refractivity contribution in [3.63, 3.8) is 0 Å². The van der Waals surface area contributed by atoms with Crippen LogP contribution in [0.15, 0.2) is 18.2 Å². The van der Waals surface area contributed by atoms with Crippen molar-refractivity contribution in [1.82, 2.24) is 10.2 Å². The van der Waals surface area contributed by atoms with Gasteiger partial charge in [-0.15, -0.1) is 0 Å². The topological polar surface area (TPSA) is 93.9 Å². The lowest BCUT2D eigenvalue weighted by Crippen LogP contribution is -2.31. The van der Waals surface area contributed by atoms with Crippen molar-refractivity contribution in [3.8, 4) is 5.75 Å². The summed E-state index contributed by atoms with van der Waals surface area (Å²) in [5.41, 5.74) is 6.59. The average molecular weight is 279 g/mol. The number of nitrogens with one attached hydrogen (secondary N) is 1. The van der Waals surface area contributed by atoms with E-state index in [9.17, 15) is 9.59 Å². The van der Waals surface area contributed by atoms with Gasteiger partial charge < -0.3 is 25.4 Å². The number of carbonyl (C=O) groups is 2. The fourth-order valence-electron chi connectivity index (χ4n) is 1.89. The molecule has 0 atom stereocenters. The van der Waals surface area contributed by atoms with Crippen LogP contribution in [-0.2, 0) is 4.74 Å². The number of hydrogen-bond acceptors (Lipinski definition) is 5. The molecule has 1 heterocycles. The summed E-state index contributed by atoms with van der Waals surface area (Å²) in [5, 5.41) is 2.71. The van der Waals surface area contributed by atoms with Crippen LogP contribution in [0.2, 0.25) is 0 Å². The first-order valence-electron chi connectivity index (χ1n) is 6.25. The zero-order valence-corrected chi connectivity index (χ0v) is 11.2. The fourth-order valence-corrected chi connectivity index (χ4v) is 1.89. The third-order valence-electron chi connectivity index (χ3n) is 3.00. The molecule has 0 bridgehead atoms. The van der Waals surface area contributed by atoms with Crippen molar-refractivity contribution in [2.24, 2.45) is 0 Å². The highest BCUT2D eigenvalue weighted by Crippen LogP contribution is 2.23. The van der Waals surface area contributed by atoms with E-state index in [-0.39, 0.29) is 6.03 Å². The second-order valence-corrected chi connectivity index (χ2v) is 4.31. The van der Waals surface area contributed by atoms with Crippen LogP contribution in [0, 0.1) is 0 Å². The van der Waals surface area contributed by atoms with Gasteiger partial charge >= 0.3 is 12.0 Å². The van der Waals surface area contributed by atoms with Gasteiger partial charge in [-0.2, -0.15) is 0 Å². The standard InChI is InChI=1S/C13H17N3O4/c1-19-12(17)9-2-3-10(14)11(8-9)20-7-6-16-5-4-15-13(16)18/h2-3,8H,4-7,14H2,1H3,(H,15,18). The fraction of sp³-hybridized carbons (Fsp3) is 0.385. The van der Waals surface area contributed by atoms with E-state index in [1.54, 1.807) is 17.0 Å². The number of methoxy groups -OCH3 is 1. The smallest absolute Gasteiger partial charge is 0.337 e. The first-order valence-corrected chi connectivity index (χ1v) is 6.25. The SMILES string of the molecule is COC(=O)c1ccc(N)c(OCCN2CCNC2=O)c1. The third kappa shape index (κ3) is 3.11. The van der Waals surface area contributed by atoms with Crippen molar-refractivity contribution in [2.45, 2.75) is 0 Å². The molecule has 2 rings (SSSR count). The molecule has 0 aliphatic carbocycles. The molecule has 1 aliphatic heterocycles. The Morgan fingerprint density at radius 2 is 2.30 bits per heavy atom. The molecule has 1 aliphatic rings. The molecule has 0 radical (unpaired) electrons. The summed E-state index contributed by atoms with van der Waals surface area (Å²) in [7, 11) is 1.31. The lowest BCUT2D eigenvalue weighted by atomic mass is 10.2. The molecule has 1 fully saturated rings. The molecule has 20 heavy (non-hydrogen) atoms. The molecule has 1 aromatic rings. The Bertz CT molecular complexity index is 518. The van der Waals surface area contributed by atoms with Gasteiger partial charge in [-0.1, -0.05) is 0 Å². The molecule has 0 saturated carbocycles. The summed E-state index contributed by atoms with van der Waals surface area (Å²) in [6, 6.07) is 4.60. The molecule has 1 aromatic carbocycles. The second kappa shape index (κ2) is 6.14. The Morgan fingerprint density at radius 1 is 1.50 bits per heavy atom. The molecule has 0 aromatic heterocycles. The zero-order chi connectivity index (χ0) is 14.5. The monoisotopic (exact) mass is 279 g/mol. The maximum atomic E-state index is 11.4. The summed E-state index contributed by atoms with van der Waals surface area (Å²) in [5.74, 6) is -0.0405. The quantitative estimate of drug-likeness (QED) is 0.603. The van der Waals surface area contributed by atoms with Crippen molar-refractivity contribution in [2.75, 3.05) is 39.1 Å². The Labute approximate surface area is 116 Å². The number of benzene rings is 1. The number of nitrogens with zero attached hydrogens (tertiary/aromatic N) is 1. The number of nitrogen functional groups attached to an aromatic ring is 1. The highest BCUT2D eigenvalue weighted by Gasteiger charge is 2.19. The van der Waals surface area contributed by atoms with Crippen molar-refractivity contribution < 1.29 is 19.1 Å². The number of anilines is 1. The minimum absolute atomic E-state index is 0.0927. The summed E-state index contributed by atoms with van der Waals surface area (Å²) in [6.07, 6.45) is 0. The first-order chi connectivity index (χ1) is 9.61. The van der Waals surface area contributed by atoms with E-state index < -0.39 is 5.97 Å². The van der Waals surface area contributed by atoms with E-state index in [4.69, 9.17) is 10.5 Å². The molecule has 108 valence electrons. The minimum atomic E-state index is -0.450. The number of amides is 2. The van der Waals surface area contributed by atoms with E-state index in [0.29, 0.717) is 43.2 Å². The van der Waals surface area contributed by atoms with E-state index in [0.717, 1.165) is 0 Å². The number of esters is 1. The van der Waals surface area contributed by atoms with Crippen LogP contribution >= 0.6 is 0 Å². The van der Waals surface area contributed by atoms with Gasteiger partial charge in [-0.25, -0.2) is 9.59 Å². The molecule has 0 unspecified atom stereocenters. The largest absolute Gasteiger partial charge is 0.490 e. The lowest BCUT2D eigenvalue weighted by Gasteiger charge is -2.15. The maximum absolute atomic E-state index is 11.4. The normalized spacial score (nSPS) is 14.1. The Kier molecular flexibility index (Phi) is 4.29. The van der Waals surface area contributed by atoms with E-state index in [1.807, 2.05) is 0 Å². The predicted molar refractivity (Wildman–Crippen MR) is 72.7 cm³/mol. The van der Waals surface area contributed by atoms with E-state index in [1.165, 1.54) is 13.2 Å². The predicted octanol–water partition coefficient (Wildman–Crippen LogP) is 0.459. The Morgan fingerprint density at radius 3 is 2.95 bits per heavy atom. The van der Waals surface area contributed by atoms with Gasteiger partial charge in [0.1, 0.15) is 12.4 Å². The second-order valence-electron chi connectivity index (χ2n) is 4.31. The van der Waals surface area contributed by atoms with Crippen molar-refractivity contribution in [1.29, 1.82) is 0 Å². The van der Waals surface area contributed by atoms with Crippen LogP contribution in [0.3, 0.4) is 0 Å². The van der Waals surface area contributed by atoms with Gasteiger partial charge in [0, 0.05) is 13.1 Å². The lowest BCUT2D eigenvalue weighted by molar-refractivity contribution is 0.0600. The maximum Gasteiger partial charge on any atom is 0.337 e. The molecular weight excluding hydrogens is 262 g/mol. The van der Waals surface area contributed by atoms with Crippen LogP contribution in [0.5, 0.6) is 5.75 Å². The molecule has 1 saturated heterocycles. The van der Waals surface area contributed by atoms with Gasteiger partial charge in [0.05, 0.1) is 24.9 Å². The van der Waals surface area contributed by atoms with Crippen LogP contribution in [0.1, 0.15) is 10.4 Å². The molecule has 0 spiro atoms. The Hall–Kier alpha value is -2.44. The summed E-state index contributed by atoms with van der Waals surface area (Å²) >= 11 is 0. The highest BCUT2D eigenvalue weighted by atomic mass is 16.5. The molecule has 2 amide bonds. The average Bonchev–Trinajstić information content (AvgIpc) is 2.85. The first kappa shape index (κ1) is 14.0. The van der Waals surface area contributed by atoms with Gasteiger partial charge in [0.2, 0.25) is 0 Å². The molecule has 3 N–H and O–H groups in total. The van der Waals surface area contributed by atoms with Gasteiger partial charge in [0.15, 0.2) is 0 Å². The number of ether oxygens (including phenoxy) is 2. The number of urea groups is 1. The van der Waals surface area contributed by atoms with Crippen molar-refractivity contribution in [3.05, 3.63) is 23.8 Å². The number of hydrogen-bond donors (Lipinski definition) is 2. The van der Waals surface area contributed by atoms with Crippen molar-refractivity contribution >= 4 is 17.7 Å². The van der Waals surface area contributed by atoms with Crippen LogP contribution in [0.4, 0.5) is 10.5 Å². The summed E-state index contributed by atoms with van der Waals surface area (Å²) < 4.78 is 10.2. The molecule has 7 nitrogen and oxygen atoms in total. The third-order valence-corrected chi connectivity index (χ3v) is 3.00. The van der Waals surface area contributed by atoms with Crippen LogP contribution in [-0.4, -0.2) is 50.3 Å². The highest BCUT2D eigenvalue weighted by molar-refractivity contribution is 5.90. The summed E-state index contributed by atoms with van der Waals surface area (Å²) in [6.45, 7) is 2.09. The van der Waals surface area contributed by atoms with E-state index in [2.05, 4.69) is 10.1 Å². The number of rotatable bonds is 5. The number of carbonyl (C=O) groups excluding carboxylic acids is 2. The van der Waals surface area contributed by atoms with E-state index >= 15 is 0 Å². The van der Waals surface area contributed by atoms with Gasteiger partial charge in [-0.3, -0.25) is 0 Å². The molecule has 7 heteroatoms. The van der Waals surface area contributed by atoms with Crippen LogP contribution in [0.25, 0.3) is 0 Å². The molecular formula is C13H17N3O4. The Balaban J connectivity index is 1.94. The van der Waals surface area contributed by atoms with Crippen LogP contribution < -0.4 is 15.8 Å². The zero-order valence-electron chi connectivity index (χ0n) is 11.2. The van der Waals surface area contributed by atoms with Gasteiger partial charge in [0.25, 0.3) is 0 Å². The summed E-state index contributed by atoms with van der Waals surface area (Å²) in [4.78, 5) is 24.4. The van der Waals surface area contributed by atoms with Gasteiger partial charge in [-0.05, 0) is 18.2 Å². The minimum Gasteiger partial charge on any atom is -0.490 e.